The van der Waals surface area contributed by atoms with E-state index < -0.39 is 35.0 Å². The van der Waals surface area contributed by atoms with Crippen LogP contribution >= 0.6 is 0 Å². The zero-order chi connectivity index (χ0) is 16.9. The number of carbonyl (C=O) groups is 4. The molecule has 8 heteroatoms. The summed E-state index contributed by atoms with van der Waals surface area (Å²) in [7, 11) is 0. The van der Waals surface area contributed by atoms with Crippen LogP contribution in [0.5, 0.6) is 0 Å². The maximum Gasteiger partial charge on any atom is 0.336 e. The Morgan fingerprint density at radius 3 is 1.36 bits per heavy atom. The lowest BCUT2D eigenvalue weighted by atomic mass is 9.98. The van der Waals surface area contributed by atoms with Crippen LogP contribution in [-0.4, -0.2) is 44.3 Å². The summed E-state index contributed by atoms with van der Waals surface area (Å²) in [6.45, 7) is 0. The molecule has 0 bridgehead atoms. The highest BCUT2D eigenvalue weighted by Crippen LogP contribution is 2.21. The van der Waals surface area contributed by atoms with Crippen molar-refractivity contribution in [1.29, 1.82) is 0 Å². The molecular weight excluding hydrogens is 296 g/mol. The minimum absolute atomic E-state index is 0.0649. The summed E-state index contributed by atoms with van der Waals surface area (Å²) < 4.78 is 0. The number of hydrogen-bond donors (Lipinski definition) is 4. The highest BCUT2D eigenvalue weighted by molar-refractivity contribution is 6.21. The molecule has 0 spiro atoms. The lowest BCUT2D eigenvalue weighted by Gasteiger charge is -2.06. The van der Waals surface area contributed by atoms with E-state index in [1.807, 2.05) is 0 Å². The van der Waals surface area contributed by atoms with Crippen LogP contribution in [0.2, 0.25) is 0 Å². The van der Waals surface area contributed by atoms with Crippen LogP contribution in [0.25, 0.3) is 11.1 Å². The molecule has 22 heavy (non-hydrogen) atoms. The first kappa shape index (κ1) is 16.6. The highest BCUT2D eigenvalue weighted by Gasteiger charge is 2.16. The fraction of sp³-hybridized carbons (Fsp3) is 0. The average Bonchev–Trinajstić information content (AvgIpc) is 2.41. The molecule has 1 aromatic carbocycles. The fourth-order valence-electron chi connectivity index (χ4n) is 1.64. The van der Waals surface area contributed by atoms with E-state index in [1.165, 1.54) is 18.2 Å². The van der Waals surface area contributed by atoms with Crippen molar-refractivity contribution >= 4 is 35.0 Å². The molecule has 0 amide bonds. The van der Waals surface area contributed by atoms with Crippen LogP contribution < -0.4 is 0 Å². The lowest BCUT2D eigenvalue weighted by molar-refractivity contribution is -0.133. The summed E-state index contributed by atoms with van der Waals surface area (Å²) in [5.41, 5.74) is -1.25. The molecule has 0 aromatic heterocycles. The third-order valence-electron chi connectivity index (χ3n) is 2.48. The Labute approximate surface area is 123 Å². The smallest absolute Gasteiger partial charge is 0.336 e. The molecule has 0 radical (unpaired) electrons. The number of hydrogen-bond acceptors (Lipinski definition) is 4. The standard InChI is InChI=1S/C14H10O8/c15-11(16)5-9(13(19)20)7-2-1-3-8(4-7)10(14(21)22)6-12(17)18/h1-6H,(H,15,16)(H,17,18)(H,19,20)(H,21,22)/b9-5-,10-6-. The number of carboxylic acids is 4. The second kappa shape index (κ2) is 6.84. The van der Waals surface area contributed by atoms with Crippen molar-refractivity contribution in [3.05, 3.63) is 47.5 Å². The van der Waals surface area contributed by atoms with Crippen molar-refractivity contribution < 1.29 is 39.6 Å². The average molecular weight is 306 g/mol. The molecule has 0 saturated heterocycles. The van der Waals surface area contributed by atoms with Crippen LogP contribution in [0.1, 0.15) is 11.1 Å². The van der Waals surface area contributed by atoms with Gasteiger partial charge in [-0.25, -0.2) is 19.2 Å². The zero-order valence-electron chi connectivity index (χ0n) is 10.9. The van der Waals surface area contributed by atoms with E-state index in [0.29, 0.717) is 12.2 Å². The number of rotatable bonds is 6. The van der Waals surface area contributed by atoms with Gasteiger partial charge in [0.2, 0.25) is 0 Å². The van der Waals surface area contributed by atoms with E-state index in [0.717, 1.165) is 6.07 Å². The van der Waals surface area contributed by atoms with Crippen molar-refractivity contribution in [3.8, 4) is 0 Å². The van der Waals surface area contributed by atoms with E-state index in [2.05, 4.69) is 0 Å². The van der Waals surface area contributed by atoms with Crippen molar-refractivity contribution in [3.63, 3.8) is 0 Å². The second-order valence-corrected chi connectivity index (χ2v) is 3.98. The van der Waals surface area contributed by atoms with Crippen molar-refractivity contribution in [2.24, 2.45) is 0 Å². The van der Waals surface area contributed by atoms with Gasteiger partial charge in [-0.2, -0.15) is 0 Å². The maximum absolute atomic E-state index is 11.1. The van der Waals surface area contributed by atoms with Gasteiger partial charge in [0.05, 0.1) is 11.1 Å². The zero-order valence-corrected chi connectivity index (χ0v) is 10.9. The highest BCUT2D eigenvalue weighted by atomic mass is 16.4. The minimum atomic E-state index is -1.52. The van der Waals surface area contributed by atoms with Crippen LogP contribution in [0, 0.1) is 0 Å². The Kier molecular flexibility index (Phi) is 5.17. The van der Waals surface area contributed by atoms with Crippen LogP contribution in [0.15, 0.2) is 36.4 Å². The summed E-state index contributed by atoms with van der Waals surface area (Å²) in [6, 6.07) is 4.92. The van der Waals surface area contributed by atoms with E-state index in [-0.39, 0.29) is 11.1 Å². The molecule has 0 aliphatic heterocycles. The third-order valence-corrected chi connectivity index (χ3v) is 2.48. The minimum Gasteiger partial charge on any atom is -0.478 e. The van der Waals surface area contributed by atoms with Gasteiger partial charge in [-0.3, -0.25) is 0 Å². The largest absolute Gasteiger partial charge is 0.478 e. The molecule has 0 heterocycles. The Morgan fingerprint density at radius 2 is 1.09 bits per heavy atom. The van der Waals surface area contributed by atoms with Gasteiger partial charge in [0, 0.05) is 12.2 Å². The molecule has 0 unspecified atom stereocenters. The summed E-state index contributed by atoms with van der Waals surface area (Å²) in [6.07, 6.45) is 0.922. The predicted molar refractivity (Wildman–Crippen MR) is 72.9 cm³/mol. The van der Waals surface area contributed by atoms with E-state index in [4.69, 9.17) is 20.4 Å². The van der Waals surface area contributed by atoms with Crippen molar-refractivity contribution in [2.45, 2.75) is 0 Å². The number of benzene rings is 1. The summed E-state index contributed by atoms with van der Waals surface area (Å²) in [4.78, 5) is 43.4. The van der Waals surface area contributed by atoms with E-state index in [1.54, 1.807) is 0 Å². The molecule has 0 saturated carbocycles. The predicted octanol–water partition coefficient (Wildman–Crippen LogP) is 0.792. The van der Waals surface area contributed by atoms with Gasteiger partial charge in [0.15, 0.2) is 0 Å². The Morgan fingerprint density at radius 1 is 0.727 bits per heavy atom. The molecule has 0 fully saturated rings. The van der Waals surface area contributed by atoms with Gasteiger partial charge >= 0.3 is 23.9 Å². The third kappa shape index (κ3) is 4.30. The normalized spacial score (nSPS) is 11.8. The van der Waals surface area contributed by atoms with Gasteiger partial charge in [-0.15, -0.1) is 0 Å². The van der Waals surface area contributed by atoms with Gasteiger partial charge in [-0.1, -0.05) is 18.2 Å². The second-order valence-electron chi connectivity index (χ2n) is 3.98. The van der Waals surface area contributed by atoms with Crippen molar-refractivity contribution in [1.82, 2.24) is 0 Å². The first-order valence-corrected chi connectivity index (χ1v) is 5.69. The fourth-order valence-corrected chi connectivity index (χ4v) is 1.64. The molecule has 114 valence electrons. The van der Waals surface area contributed by atoms with Gasteiger partial charge < -0.3 is 20.4 Å². The molecule has 1 rings (SSSR count). The summed E-state index contributed by atoms with van der Waals surface area (Å²) in [5, 5.41) is 35.3. The Hall–Kier alpha value is -3.42. The molecule has 0 aliphatic carbocycles. The summed E-state index contributed by atoms with van der Waals surface area (Å²) in [5.74, 6) is -6.00. The molecular formula is C14H10O8. The quantitative estimate of drug-likeness (QED) is 0.563. The number of aliphatic carboxylic acids is 4. The lowest BCUT2D eigenvalue weighted by Crippen LogP contribution is -2.06. The Balaban J connectivity index is 3.46. The molecule has 0 aliphatic rings. The van der Waals surface area contributed by atoms with E-state index >= 15 is 0 Å². The molecule has 4 N–H and O–H groups in total. The molecule has 1 aromatic rings. The van der Waals surface area contributed by atoms with Gasteiger partial charge in [0.1, 0.15) is 0 Å². The van der Waals surface area contributed by atoms with E-state index in [9.17, 15) is 19.2 Å². The molecule has 0 atom stereocenters. The Bertz CT molecular complexity index is 654. The van der Waals surface area contributed by atoms with Gasteiger partial charge in [-0.05, 0) is 17.2 Å². The van der Waals surface area contributed by atoms with Crippen molar-refractivity contribution in [2.75, 3.05) is 0 Å². The first-order valence-electron chi connectivity index (χ1n) is 5.69. The van der Waals surface area contributed by atoms with Crippen LogP contribution in [-0.2, 0) is 19.2 Å². The van der Waals surface area contributed by atoms with Gasteiger partial charge in [0.25, 0.3) is 0 Å². The number of carboxylic acid groups (broad SMARTS) is 4. The van der Waals surface area contributed by atoms with Crippen LogP contribution in [0.4, 0.5) is 0 Å². The molecule has 8 nitrogen and oxygen atoms in total. The topological polar surface area (TPSA) is 149 Å². The maximum atomic E-state index is 11.1. The van der Waals surface area contributed by atoms with Crippen LogP contribution in [0.3, 0.4) is 0 Å². The monoisotopic (exact) mass is 306 g/mol. The SMILES string of the molecule is O=C(O)/C=C(\C(=O)O)c1cccc(/C(=C/C(=O)O)C(=O)O)c1. The first-order chi connectivity index (χ1) is 10.2. The summed E-state index contributed by atoms with van der Waals surface area (Å²) >= 11 is 0.